The Morgan fingerprint density at radius 1 is 1.55 bits per heavy atom. The molecule has 0 N–H and O–H groups in total. The van der Waals surface area contributed by atoms with Gasteiger partial charge in [0.1, 0.15) is 11.2 Å². The van der Waals surface area contributed by atoms with Gasteiger partial charge in [-0.2, -0.15) is 0 Å². The normalized spacial score (nSPS) is 10.6. The number of nitrogens with zero attached hydrogens (tertiary/aromatic N) is 2. The molecule has 0 radical (unpaired) electrons. The van der Waals surface area contributed by atoms with Crippen molar-refractivity contribution in [3.05, 3.63) is 23.5 Å². The largest absolute Gasteiger partial charge is 0.244 e. The summed E-state index contributed by atoms with van der Waals surface area (Å²) in [6.07, 6.45) is 3.35. The van der Waals surface area contributed by atoms with Crippen molar-refractivity contribution in [2.75, 3.05) is 0 Å². The SMILES string of the molecule is ClCc1cc2cncnc2s1. The van der Waals surface area contributed by atoms with Gasteiger partial charge in [-0.05, 0) is 6.07 Å². The zero-order valence-corrected chi connectivity index (χ0v) is 7.19. The molecule has 2 nitrogen and oxygen atoms in total. The number of thiophene rings is 1. The lowest BCUT2D eigenvalue weighted by Gasteiger charge is -1.81. The number of rotatable bonds is 1. The minimum Gasteiger partial charge on any atom is -0.244 e. The average Bonchev–Trinajstić information content (AvgIpc) is 2.46. The number of hydrogen-bond donors (Lipinski definition) is 0. The summed E-state index contributed by atoms with van der Waals surface area (Å²) in [5, 5.41) is 1.08. The summed E-state index contributed by atoms with van der Waals surface area (Å²) in [6, 6.07) is 2.02. The maximum absolute atomic E-state index is 5.66. The molecule has 2 heterocycles. The van der Waals surface area contributed by atoms with Gasteiger partial charge in [0, 0.05) is 16.5 Å². The van der Waals surface area contributed by atoms with Crippen molar-refractivity contribution >= 4 is 33.2 Å². The van der Waals surface area contributed by atoms with Crippen LogP contribution in [-0.2, 0) is 5.88 Å². The van der Waals surface area contributed by atoms with Gasteiger partial charge in [0.05, 0.1) is 5.88 Å². The second kappa shape index (κ2) is 2.75. The Kier molecular flexibility index (Phi) is 1.75. The van der Waals surface area contributed by atoms with E-state index < -0.39 is 0 Å². The maximum atomic E-state index is 5.66. The smallest absolute Gasteiger partial charge is 0.126 e. The van der Waals surface area contributed by atoms with E-state index in [1.165, 1.54) is 0 Å². The quantitative estimate of drug-likeness (QED) is 0.637. The molecule has 2 rings (SSSR count). The van der Waals surface area contributed by atoms with Crippen LogP contribution in [0.1, 0.15) is 4.88 Å². The van der Waals surface area contributed by atoms with Gasteiger partial charge in [-0.15, -0.1) is 22.9 Å². The van der Waals surface area contributed by atoms with Gasteiger partial charge in [-0.3, -0.25) is 0 Å². The molecular weight excluding hydrogens is 180 g/mol. The first-order chi connectivity index (χ1) is 5.40. The monoisotopic (exact) mass is 184 g/mol. The van der Waals surface area contributed by atoms with Crippen molar-refractivity contribution in [2.24, 2.45) is 0 Å². The lowest BCUT2D eigenvalue weighted by atomic mass is 10.4. The van der Waals surface area contributed by atoms with Crippen molar-refractivity contribution in [3.8, 4) is 0 Å². The van der Waals surface area contributed by atoms with Crippen molar-refractivity contribution in [2.45, 2.75) is 5.88 Å². The Morgan fingerprint density at radius 2 is 2.45 bits per heavy atom. The number of hydrogen-bond acceptors (Lipinski definition) is 3. The van der Waals surface area contributed by atoms with Crippen LogP contribution in [0.25, 0.3) is 10.2 Å². The summed E-state index contributed by atoms with van der Waals surface area (Å²) in [5.41, 5.74) is 0. The lowest BCUT2D eigenvalue weighted by Crippen LogP contribution is -1.71. The molecule has 0 bridgehead atoms. The fourth-order valence-electron chi connectivity index (χ4n) is 0.906. The molecule has 56 valence electrons. The molecule has 0 aliphatic rings. The summed E-state index contributed by atoms with van der Waals surface area (Å²) in [7, 11) is 0. The standard InChI is InChI=1S/C7H5ClN2S/c8-2-6-1-5-3-9-4-10-7(5)11-6/h1,3-4H,2H2. The van der Waals surface area contributed by atoms with Crippen LogP contribution in [0.3, 0.4) is 0 Å². The van der Waals surface area contributed by atoms with Crippen molar-refractivity contribution in [1.82, 2.24) is 9.97 Å². The van der Waals surface area contributed by atoms with Gasteiger partial charge < -0.3 is 0 Å². The van der Waals surface area contributed by atoms with Crippen molar-refractivity contribution in [1.29, 1.82) is 0 Å². The van der Waals surface area contributed by atoms with E-state index in [0.29, 0.717) is 5.88 Å². The number of alkyl halides is 1. The van der Waals surface area contributed by atoms with Gasteiger partial charge in [0.2, 0.25) is 0 Å². The predicted molar refractivity (Wildman–Crippen MR) is 47.0 cm³/mol. The average molecular weight is 185 g/mol. The predicted octanol–water partition coefficient (Wildman–Crippen LogP) is 2.43. The molecule has 0 aromatic carbocycles. The lowest BCUT2D eigenvalue weighted by molar-refractivity contribution is 1.23. The summed E-state index contributed by atoms with van der Waals surface area (Å²) in [6.45, 7) is 0. The number of fused-ring (bicyclic) bond motifs is 1. The van der Waals surface area contributed by atoms with Gasteiger partial charge >= 0.3 is 0 Å². The highest BCUT2D eigenvalue weighted by Gasteiger charge is 1.99. The van der Waals surface area contributed by atoms with Gasteiger partial charge in [0.25, 0.3) is 0 Å². The molecule has 2 aromatic heterocycles. The van der Waals surface area contributed by atoms with E-state index in [-0.39, 0.29) is 0 Å². The molecule has 0 unspecified atom stereocenters. The Labute approximate surface area is 72.9 Å². The molecule has 0 saturated heterocycles. The van der Waals surface area contributed by atoms with Crippen LogP contribution in [-0.4, -0.2) is 9.97 Å². The van der Waals surface area contributed by atoms with Crippen molar-refractivity contribution < 1.29 is 0 Å². The first-order valence-electron chi connectivity index (χ1n) is 3.14. The van der Waals surface area contributed by atoms with E-state index in [0.717, 1.165) is 15.1 Å². The third-order valence-corrected chi connectivity index (χ3v) is 2.88. The number of aromatic nitrogens is 2. The second-order valence-corrected chi connectivity index (χ2v) is 3.51. The first kappa shape index (κ1) is 7.00. The minimum absolute atomic E-state index is 0.557. The molecule has 0 atom stereocenters. The molecule has 0 fully saturated rings. The topological polar surface area (TPSA) is 25.8 Å². The van der Waals surface area contributed by atoms with Crippen LogP contribution >= 0.6 is 22.9 Å². The maximum Gasteiger partial charge on any atom is 0.126 e. The van der Waals surface area contributed by atoms with Gasteiger partial charge in [-0.1, -0.05) is 0 Å². The molecule has 2 aromatic rings. The fraction of sp³-hybridized carbons (Fsp3) is 0.143. The molecule has 0 spiro atoms. The molecule has 4 heteroatoms. The van der Waals surface area contributed by atoms with E-state index in [4.69, 9.17) is 11.6 Å². The third kappa shape index (κ3) is 1.21. The second-order valence-electron chi connectivity index (χ2n) is 2.13. The van der Waals surface area contributed by atoms with Crippen molar-refractivity contribution in [3.63, 3.8) is 0 Å². The van der Waals surface area contributed by atoms with Gasteiger partial charge in [0.15, 0.2) is 0 Å². The third-order valence-electron chi connectivity index (χ3n) is 1.38. The van der Waals surface area contributed by atoms with Crippen LogP contribution in [0.4, 0.5) is 0 Å². The molecule has 11 heavy (non-hydrogen) atoms. The highest BCUT2D eigenvalue weighted by Crippen LogP contribution is 2.23. The summed E-state index contributed by atoms with van der Waals surface area (Å²) < 4.78 is 0. The Morgan fingerprint density at radius 3 is 3.18 bits per heavy atom. The van der Waals surface area contributed by atoms with Crippen LogP contribution < -0.4 is 0 Å². The van der Waals surface area contributed by atoms with E-state index in [1.54, 1.807) is 23.9 Å². The first-order valence-corrected chi connectivity index (χ1v) is 4.49. The van der Waals surface area contributed by atoms with E-state index in [1.807, 2.05) is 6.07 Å². The van der Waals surface area contributed by atoms with Crippen LogP contribution in [0, 0.1) is 0 Å². The molecule has 0 saturated carbocycles. The minimum atomic E-state index is 0.557. The highest BCUT2D eigenvalue weighted by atomic mass is 35.5. The van der Waals surface area contributed by atoms with Crippen LogP contribution in [0.5, 0.6) is 0 Å². The van der Waals surface area contributed by atoms with E-state index >= 15 is 0 Å². The van der Waals surface area contributed by atoms with Crippen LogP contribution in [0.2, 0.25) is 0 Å². The molecule has 0 amide bonds. The van der Waals surface area contributed by atoms with E-state index in [2.05, 4.69) is 9.97 Å². The van der Waals surface area contributed by atoms with E-state index in [9.17, 15) is 0 Å². The Bertz CT molecular complexity index is 338. The summed E-state index contributed by atoms with van der Waals surface area (Å²) >= 11 is 7.27. The zero-order chi connectivity index (χ0) is 7.68. The zero-order valence-electron chi connectivity index (χ0n) is 5.62. The summed E-state index contributed by atoms with van der Waals surface area (Å²) in [4.78, 5) is 10.2. The Balaban J connectivity index is 2.69. The van der Waals surface area contributed by atoms with Crippen LogP contribution in [0.15, 0.2) is 18.6 Å². The Hall–Kier alpha value is -0.670. The molecule has 0 aliphatic heterocycles. The fourth-order valence-corrected chi connectivity index (χ4v) is 1.97. The molecule has 0 aliphatic carbocycles. The molecular formula is C7H5ClN2S. The van der Waals surface area contributed by atoms with Gasteiger partial charge in [-0.25, -0.2) is 9.97 Å². The number of halogens is 1. The summed E-state index contributed by atoms with van der Waals surface area (Å²) in [5.74, 6) is 0.557. The highest BCUT2D eigenvalue weighted by molar-refractivity contribution is 7.18.